The van der Waals surface area contributed by atoms with Crippen molar-refractivity contribution in [1.82, 2.24) is 9.55 Å². The smallest absolute Gasteiger partial charge is 0.342 e. The molecule has 1 aliphatic rings. The fraction of sp³-hybridized carbons (Fsp3) is 0.568. The van der Waals surface area contributed by atoms with Gasteiger partial charge in [0.25, 0.3) is 0 Å². The number of rotatable bonds is 18. The number of imidazole rings is 1. The van der Waals surface area contributed by atoms with Crippen LogP contribution in [0.4, 0.5) is 0 Å². The summed E-state index contributed by atoms with van der Waals surface area (Å²) in [5.41, 5.74) is 2.66. The van der Waals surface area contributed by atoms with E-state index < -0.39 is 52.4 Å². The molecule has 2 heterocycles. The van der Waals surface area contributed by atoms with Crippen LogP contribution in [0.15, 0.2) is 61.0 Å². The van der Waals surface area contributed by atoms with Crippen LogP contribution in [-0.4, -0.2) is 88.6 Å². The molecule has 13 heteroatoms. The molecule has 314 valence electrons. The Labute approximate surface area is 342 Å². The van der Waals surface area contributed by atoms with Crippen molar-refractivity contribution >= 4 is 45.4 Å². The highest BCUT2D eigenvalue weighted by atomic mass is 28.4. The SMILES string of the molecule is COCOc1cc2c(ncn2C)c(/C=C/C[C@@H]2OC(C)(C)O[C@@H]2C(/C=C\[C@@H](C)[C@H](C)O[Si](C)(C)C(C)(C)C)OC(=O)c2ccccc2)c1C(=O)OCC[Si](C)(C)C. The van der Waals surface area contributed by atoms with Crippen LogP contribution in [0.25, 0.3) is 17.1 Å². The van der Waals surface area contributed by atoms with Gasteiger partial charge in [-0.05, 0) is 75.5 Å². The quantitative estimate of drug-likeness (QED) is 0.0531. The molecule has 57 heavy (non-hydrogen) atoms. The molecule has 11 nitrogen and oxygen atoms in total. The van der Waals surface area contributed by atoms with E-state index in [0.29, 0.717) is 35.4 Å². The molecule has 0 aliphatic carbocycles. The van der Waals surface area contributed by atoms with E-state index in [9.17, 15) is 9.59 Å². The maximum atomic E-state index is 13.8. The molecule has 3 aromatic rings. The number of aryl methyl sites for hydroxylation is 1. The number of methoxy groups -OCH3 is 1. The number of esters is 2. The first kappa shape index (κ1) is 46.1. The first-order chi connectivity index (χ1) is 26.5. The van der Waals surface area contributed by atoms with Gasteiger partial charge in [0.05, 0.1) is 35.6 Å². The largest absolute Gasteiger partial charge is 0.467 e. The minimum absolute atomic E-state index is 0.0167. The van der Waals surface area contributed by atoms with Crippen molar-refractivity contribution < 1.29 is 42.4 Å². The lowest BCUT2D eigenvalue weighted by Gasteiger charge is -2.39. The van der Waals surface area contributed by atoms with E-state index >= 15 is 0 Å². The molecule has 0 spiro atoms. The molecule has 1 aliphatic heterocycles. The Kier molecular flexibility index (Phi) is 15.4. The van der Waals surface area contributed by atoms with Gasteiger partial charge in [0, 0.05) is 40.0 Å². The Morgan fingerprint density at radius 2 is 1.70 bits per heavy atom. The third kappa shape index (κ3) is 12.5. The van der Waals surface area contributed by atoms with Crippen LogP contribution in [0.2, 0.25) is 43.8 Å². The number of hydrogen-bond acceptors (Lipinski definition) is 10. The van der Waals surface area contributed by atoms with Crippen molar-refractivity contribution in [2.24, 2.45) is 13.0 Å². The van der Waals surface area contributed by atoms with Crippen molar-refractivity contribution in [3.63, 3.8) is 0 Å². The molecule has 4 rings (SSSR count). The maximum absolute atomic E-state index is 13.8. The van der Waals surface area contributed by atoms with Gasteiger partial charge in [-0.3, -0.25) is 0 Å². The second-order valence-corrected chi connectivity index (χ2v) is 28.6. The Morgan fingerprint density at radius 1 is 1.02 bits per heavy atom. The van der Waals surface area contributed by atoms with Crippen LogP contribution in [0, 0.1) is 5.92 Å². The molecule has 1 fully saturated rings. The van der Waals surface area contributed by atoms with Gasteiger partial charge in [0.1, 0.15) is 23.5 Å². The molecule has 1 saturated heterocycles. The van der Waals surface area contributed by atoms with E-state index in [-0.39, 0.29) is 29.4 Å². The molecule has 0 radical (unpaired) electrons. The van der Waals surface area contributed by atoms with Crippen molar-refractivity contribution in [1.29, 1.82) is 0 Å². The van der Waals surface area contributed by atoms with Crippen LogP contribution >= 0.6 is 0 Å². The molecular weight excluding hydrogens is 757 g/mol. The molecule has 0 N–H and O–H groups in total. The Morgan fingerprint density at radius 3 is 2.33 bits per heavy atom. The van der Waals surface area contributed by atoms with Crippen molar-refractivity contribution in [2.45, 2.75) is 129 Å². The van der Waals surface area contributed by atoms with E-state index in [2.05, 4.69) is 72.3 Å². The summed E-state index contributed by atoms with van der Waals surface area (Å²) in [7, 11) is -0.0797. The summed E-state index contributed by atoms with van der Waals surface area (Å²) in [5.74, 6) is -1.57. The first-order valence-corrected chi connectivity index (χ1v) is 26.6. The molecule has 0 amide bonds. The van der Waals surface area contributed by atoms with Gasteiger partial charge in [-0.15, -0.1) is 0 Å². The summed E-state index contributed by atoms with van der Waals surface area (Å²) in [6.07, 6.45) is 7.78. The fourth-order valence-electron chi connectivity index (χ4n) is 6.21. The molecule has 5 atom stereocenters. The monoisotopic (exact) mass is 822 g/mol. The first-order valence-electron chi connectivity index (χ1n) is 19.9. The van der Waals surface area contributed by atoms with E-state index in [1.165, 1.54) is 7.11 Å². The summed E-state index contributed by atoms with van der Waals surface area (Å²) in [6.45, 7) is 26.0. The topological polar surface area (TPSA) is 117 Å². The highest BCUT2D eigenvalue weighted by Crippen LogP contribution is 2.39. The van der Waals surface area contributed by atoms with Gasteiger partial charge in [-0.25, -0.2) is 14.6 Å². The number of hydrogen-bond donors (Lipinski definition) is 0. The van der Waals surface area contributed by atoms with Gasteiger partial charge >= 0.3 is 11.9 Å². The van der Waals surface area contributed by atoms with Gasteiger partial charge in [0.15, 0.2) is 20.9 Å². The van der Waals surface area contributed by atoms with E-state index in [1.54, 1.807) is 36.7 Å². The average molecular weight is 823 g/mol. The minimum Gasteiger partial charge on any atom is -0.467 e. The number of nitrogens with zero attached hydrogens (tertiary/aromatic N) is 2. The predicted molar refractivity (Wildman–Crippen MR) is 231 cm³/mol. The molecule has 0 bridgehead atoms. The Bertz CT molecular complexity index is 1880. The number of ether oxygens (including phenoxy) is 6. The number of benzene rings is 2. The lowest BCUT2D eigenvalue weighted by Crippen LogP contribution is -2.44. The third-order valence-corrected chi connectivity index (χ3v) is 17.0. The number of carbonyl (C=O) groups is 2. The van der Waals surface area contributed by atoms with Crippen LogP contribution in [0.1, 0.15) is 81.2 Å². The normalized spacial score (nSPS) is 19.3. The third-order valence-electron chi connectivity index (χ3n) is 10.7. The van der Waals surface area contributed by atoms with Gasteiger partial charge in [-0.1, -0.05) is 83.8 Å². The Balaban J connectivity index is 1.70. The fourth-order valence-corrected chi connectivity index (χ4v) is 8.42. The van der Waals surface area contributed by atoms with Crippen molar-refractivity contribution in [3.8, 4) is 5.75 Å². The summed E-state index contributed by atoms with van der Waals surface area (Å²) in [4.78, 5) is 32.1. The van der Waals surface area contributed by atoms with Crippen LogP contribution < -0.4 is 4.74 Å². The highest BCUT2D eigenvalue weighted by molar-refractivity contribution is 6.76. The maximum Gasteiger partial charge on any atom is 0.342 e. The summed E-state index contributed by atoms with van der Waals surface area (Å²) in [6, 6.07) is 11.5. The zero-order valence-electron chi connectivity index (χ0n) is 36.6. The summed E-state index contributed by atoms with van der Waals surface area (Å²) in [5, 5.41) is 0.0646. The average Bonchev–Trinajstić information content (AvgIpc) is 3.64. The number of carbonyl (C=O) groups excluding carboxylic acids is 2. The second-order valence-electron chi connectivity index (χ2n) is 18.2. The molecule has 1 aromatic heterocycles. The standard InChI is InChI=1S/C44H66N2O9Si2/c1-30(31(2)55-57(13,14)43(3,4)5)23-24-35(52-41(47)32-19-16-15-17-20-32)40-36(53-44(6,7)54-40)22-18-21-33-38(42(48)50-25-26-56(10,11)12)37(51-29-49-9)27-34-39(33)45-28-46(34)8/h15-21,23-24,27-28,30-31,35-36,40H,22,25-26,29H2,1-14H3/b21-18+,24-23-/t30-,31+,35?,36+,40-/m1/s1. The van der Waals surface area contributed by atoms with Gasteiger partial charge in [0.2, 0.25) is 0 Å². The number of fused-ring (bicyclic) bond motifs is 1. The summed E-state index contributed by atoms with van der Waals surface area (Å²) >= 11 is 0. The molecule has 1 unspecified atom stereocenters. The lowest BCUT2D eigenvalue weighted by molar-refractivity contribution is -0.152. The van der Waals surface area contributed by atoms with Crippen molar-refractivity contribution in [3.05, 3.63) is 77.6 Å². The predicted octanol–water partition coefficient (Wildman–Crippen LogP) is 9.80. The minimum atomic E-state index is -2.03. The number of aromatic nitrogens is 2. The zero-order chi connectivity index (χ0) is 42.3. The summed E-state index contributed by atoms with van der Waals surface area (Å²) < 4.78 is 44.9. The van der Waals surface area contributed by atoms with Crippen LogP contribution in [0.5, 0.6) is 5.75 Å². The van der Waals surface area contributed by atoms with Crippen molar-refractivity contribution in [2.75, 3.05) is 20.5 Å². The van der Waals surface area contributed by atoms with Crippen LogP contribution in [-0.2, 0) is 35.2 Å². The van der Waals surface area contributed by atoms with Gasteiger partial charge in [-0.2, -0.15) is 0 Å². The Hall–Kier alpha value is -3.60. The van der Waals surface area contributed by atoms with Gasteiger partial charge < -0.3 is 37.4 Å². The van der Waals surface area contributed by atoms with E-state index in [1.807, 2.05) is 55.8 Å². The van der Waals surface area contributed by atoms with Crippen LogP contribution in [0.3, 0.4) is 0 Å². The van der Waals surface area contributed by atoms with E-state index in [0.717, 1.165) is 11.6 Å². The van der Waals surface area contributed by atoms with E-state index in [4.69, 9.17) is 32.8 Å². The molecule has 2 aromatic carbocycles. The molecular formula is C44H66N2O9Si2. The highest BCUT2D eigenvalue weighted by Gasteiger charge is 2.46. The second kappa shape index (κ2) is 19.0. The zero-order valence-corrected chi connectivity index (χ0v) is 38.6. The lowest BCUT2D eigenvalue weighted by atomic mass is 9.99. The molecule has 0 saturated carbocycles.